The number of ether oxygens (including phenoxy) is 4. The maximum Gasteiger partial charge on any atom is 0.231 e. The maximum atomic E-state index is 5.79. The monoisotopic (exact) mass is 409 g/mol. The summed E-state index contributed by atoms with van der Waals surface area (Å²) in [5, 5.41) is 12.6. The molecule has 30 heavy (non-hydrogen) atoms. The number of hydrogen-bond acceptors (Lipinski definition) is 8. The van der Waals surface area contributed by atoms with Crippen LogP contribution in [0.2, 0.25) is 0 Å². The summed E-state index contributed by atoms with van der Waals surface area (Å²) in [5.74, 6) is 3.56. The Hall–Kier alpha value is -3.33. The molecule has 5 rings (SSSR count). The van der Waals surface area contributed by atoms with Crippen LogP contribution in [0, 0.1) is 0 Å². The van der Waals surface area contributed by atoms with Gasteiger partial charge in [-0.05, 0) is 66.7 Å². The van der Waals surface area contributed by atoms with Crippen LogP contribution in [0.1, 0.15) is 29.9 Å². The summed E-state index contributed by atoms with van der Waals surface area (Å²) in [6.45, 7) is 3.63. The van der Waals surface area contributed by atoms with Gasteiger partial charge in [0.1, 0.15) is 11.8 Å². The number of methoxy groups -OCH3 is 1. The van der Waals surface area contributed by atoms with Gasteiger partial charge in [-0.15, -0.1) is 5.10 Å². The smallest absolute Gasteiger partial charge is 0.231 e. The van der Waals surface area contributed by atoms with Crippen LogP contribution in [-0.2, 0) is 6.42 Å². The lowest BCUT2D eigenvalue weighted by Gasteiger charge is -2.34. The van der Waals surface area contributed by atoms with Gasteiger partial charge in [-0.2, -0.15) is 4.68 Å². The first kappa shape index (κ1) is 18.7. The zero-order valence-corrected chi connectivity index (χ0v) is 17.2. The molecule has 1 atom stereocenters. The molecule has 2 aliphatic rings. The lowest BCUT2D eigenvalue weighted by atomic mass is 9.90. The standard InChI is InChI=1S/C21H23N5O4/c1-4-28-15-7-5-14(6-8-15)26-21(22-23-24-26)18-17-13(9-10-25(18)2)11-16-19(20(17)27-3)30-12-29-16/h5-8,11,18H,4,9-10,12H2,1-3H3/t18-/m0/s1. The van der Waals surface area contributed by atoms with Gasteiger partial charge in [0.05, 0.1) is 19.4 Å². The number of nitrogens with zero attached hydrogens (tertiary/aromatic N) is 5. The minimum absolute atomic E-state index is 0.193. The van der Waals surface area contributed by atoms with Gasteiger partial charge in [0.2, 0.25) is 12.5 Å². The SMILES string of the molecule is CCOc1ccc(-n2nnnc2[C@@H]2c3c(cc4c(c3OC)OCO4)CCN2C)cc1. The van der Waals surface area contributed by atoms with E-state index in [-0.39, 0.29) is 12.8 Å². The Kier molecular flexibility index (Phi) is 4.66. The van der Waals surface area contributed by atoms with Gasteiger partial charge < -0.3 is 18.9 Å². The Bertz CT molecular complexity index is 1070. The van der Waals surface area contributed by atoms with Crippen LogP contribution in [-0.4, -0.2) is 59.2 Å². The topological polar surface area (TPSA) is 83.8 Å². The van der Waals surface area contributed by atoms with Crippen LogP contribution < -0.4 is 18.9 Å². The Morgan fingerprint density at radius 1 is 1.20 bits per heavy atom. The molecule has 0 amide bonds. The van der Waals surface area contributed by atoms with Crippen molar-refractivity contribution in [3.05, 3.63) is 47.3 Å². The summed E-state index contributed by atoms with van der Waals surface area (Å²) in [6.07, 6.45) is 0.875. The fraction of sp³-hybridized carbons (Fsp3) is 0.381. The minimum atomic E-state index is -0.195. The molecule has 1 aromatic heterocycles. The highest BCUT2D eigenvalue weighted by Crippen LogP contribution is 2.50. The third-order valence-corrected chi connectivity index (χ3v) is 5.53. The van der Waals surface area contributed by atoms with E-state index in [9.17, 15) is 0 Å². The van der Waals surface area contributed by atoms with Gasteiger partial charge in [0.25, 0.3) is 0 Å². The van der Waals surface area contributed by atoms with E-state index in [2.05, 4.69) is 27.5 Å². The molecular weight excluding hydrogens is 386 g/mol. The largest absolute Gasteiger partial charge is 0.494 e. The van der Waals surface area contributed by atoms with Crippen molar-refractivity contribution in [2.75, 3.05) is 34.1 Å². The molecule has 0 spiro atoms. The molecule has 0 bridgehead atoms. The molecule has 2 aromatic carbocycles. The zero-order valence-electron chi connectivity index (χ0n) is 17.2. The zero-order chi connectivity index (χ0) is 20.7. The van der Waals surface area contributed by atoms with Gasteiger partial charge in [0, 0.05) is 12.1 Å². The number of hydrogen-bond donors (Lipinski definition) is 0. The van der Waals surface area contributed by atoms with Crippen molar-refractivity contribution < 1.29 is 18.9 Å². The number of benzene rings is 2. The fourth-order valence-electron chi connectivity index (χ4n) is 4.16. The second-order valence-corrected chi connectivity index (χ2v) is 7.23. The lowest BCUT2D eigenvalue weighted by Crippen LogP contribution is -2.35. The molecule has 0 saturated heterocycles. The Morgan fingerprint density at radius 2 is 2.03 bits per heavy atom. The number of aromatic nitrogens is 4. The van der Waals surface area contributed by atoms with Crippen LogP contribution in [0.4, 0.5) is 0 Å². The van der Waals surface area contributed by atoms with E-state index in [0.717, 1.165) is 41.3 Å². The summed E-state index contributed by atoms with van der Waals surface area (Å²) in [6, 6.07) is 9.59. The molecular formula is C21H23N5O4. The quantitative estimate of drug-likeness (QED) is 0.635. The molecule has 0 aliphatic carbocycles. The normalized spacial score (nSPS) is 17.6. The van der Waals surface area contributed by atoms with Crippen molar-refractivity contribution in [3.8, 4) is 28.7 Å². The summed E-state index contributed by atoms with van der Waals surface area (Å²) in [7, 11) is 3.72. The van der Waals surface area contributed by atoms with Crippen LogP contribution in [0.25, 0.3) is 5.69 Å². The van der Waals surface area contributed by atoms with E-state index in [1.807, 2.05) is 37.3 Å². The van der Waals surface area contributed by atoms with Gasteiger partial charge in [0.15, 0.2) is 17.3 Å². The molecule has 0 fully saturated rings. The van der Waals surface area contributed by atoms with Gasteiger partial charge in [-0.3, -0.25) is 4.90 Å². The van der Waals surface area contributed by atoms with E-state index < -0.39 is 0 Å². The van der Waals surface area contributed by atoms with Gasteiger partial charge >= 0.3 is 0 Å². The van der Waals surface area contributed by atoms with Crippen LogP contribution >= 0.6 is 0 Å². The average Bonchev–Trinajstić information content (AvgIpc) is 3.42. The van der Waals surface area contributed by atoms with Crippen molar-refractivity contribution in [2.24, 2.45) is 0 Å². The van der Waals surface area contributed by atoms with Crippen molar-refractivity contribution >= 4 is 0 Å². The molecule has 0 radical (unpaired) electrons. The second-order valence-electron chi connectivity index (χ2n) is 7.23. The molecule has 0 saturated carbocycles. The van der Waals surface area contributed by atoms with Crippen LogP contribution in [0.3, 0.4) is 0 Å². The first-order chi connectivity index (χ1) is 14.7. The highest BCUT2D eigenvalue weighted by Gasteiger charge is 2.37. The molecule has 156 valence electrons. The second kappa shape index (κ2) is 7.49. The third kappa shape index (κ3) is 2.93. The number of rotatable bonds is 5. The van der Waals surface area contributed by atoms with Crippen molar-refractivity contribution in [3.63, 3.8) is 0 Å². The van der Waals surface area contributed by atoms with Crippen molar-refractivity contribution in [1.82, 2.24) is 25.1 Å². The van der Waals surface area contributed by atoms with Gasteiger partial charge in [-0.1, -0.05) is 0 Å². The number of tetrazole rings is 1. The Morgan fingerprint density at radius 3 is 2.80 bits per heavy atom. The first-order valence-corrected chi connectivity index (χ1v) is 9.92. The van der Waals surface area contributed by atoms with E-state index >= 15 is 0 Å². The highest BCUT2D eigenvalue weighted by atomic mass is 16.7. The summed E-state index contributed by atoms with van der Waals surface area (Å²) >= 11 is 0. The first-order valence-electron chi connectivity index (χ1n) is 9.92. The average molecular weight is 409 g/mol. The molecule has 2 aliphatic heterocycles. The van der Waals surface area contributed by atoms with E-state index in [0.29, 0.717) is 23.9 Å². The molecule has 9 heteroatoms. The summed E-state index contributed by atoms with van der Waals surface area (Å²) in [4.78, 5) is 2.23. The van der Waals surface area contributed by atoms with E-state index in [1.54, 1.807) is 11.8 Å². The maximum absolute atomic E-state index is 5.79. The third-order valence-electron chi connectivity index (χ3n) is 5.53. The summed E-state index contributed by atoms with van der Waals surface area (Å²) < 4.78 is 24.4. The Labute approximate surface area is 174 Å². The number of likely N-dealkylation sites (N-methyl/N-ethyl adjacent to an activating group) is 1. The van der Waals surface area contributed by atoms with Crippen molar-refractivity contribution in [2.45, 2.75) is 19.4 Å². The van der Waals surface area contributed by atoms with Crippen molar-refractivity contribution in [1.29, 1.82) is 0 Å². The molecule has 0 unspecified atom stereocenters. The molecule has 3 aromatic rings. The predicted molar refractivity (Wildman–Crippen MR) is 108 cm³/mol. The van der Waals surface area contributed by atoms with E-state index in [4.69, 9.17) is 18.9 Å². The van der Waals surface area contributed by atoms with Gasteiger partial charge in [-0.25, -0.2) is 0 Å². The van der Waals surface area contributed by atoms with E-state index in [1.165, 1.54) is 0 Å². The lowest BCUT2D eigenvalue weighted by molar-refractivity contribution is 0.170. The molecule has 0 N–H and O–H groups in total. The number of fused-ring (bicyclic) bond motifs is 2. The fourth-order valence-corrected chi connectivity index (χ4v) is 4.16. The summed E-state index contributed by atoms with van der Waals surface area (Å²) in [5.41, 5.74) is 3.02. The van der Waals surface area contributed by atoms with Crippen LogP contribution in [0.5, 0.6) is 23.0 Å². The van der Waals surface area contributed by atoms with Crippen LogP contribution in [0.15, 0.2) is 30.3 Å². The predicted octanol–water partition coefficient (Wildman–Crippen LogP) is 2.38. The highest BCUT2D eigenvalue weighted by molar-refractivity contribution is 5.62. The Balaban J connectivity index is 1.62. The molecule has 3 heterocycles. The molecule has 9 nitrogen and oxygen atoms in total. The minimum Gasteiger partial charge on any atom is -0.494 e.